The highest BCUT2D eigenvalue weighted by molar-refractivity contribution is 7.07. The van der Waals surface area contributed by atoms with Crippen LogP contribution < -0.4 is 5.19 Å². The molecule has 0 saturated carbocycles. The van der Waals surface area contributed by atoms with E-state index in [0.29, 0.717) is 0 Å². The molecule has 1 aromatic carbocycles. The van der Waals surface area contributed by atoms with Gasteiger partial charge in [0.25, 0.3) is 8.07 Å². The Balaban J connectivity index is 3.29. The predicted molar refractivity (Wildman–Crippen MR) is 59.7 cm³/mol. The van der Waals surface area contributed by atoms with Crippen molar-refractivity contribution in [2.24, 2.45) is 0 Å². The summed E-state index contributed by atoms with van der Waals surface area (Å²) in [7, 11) is -2.27. The summed E-state index contributed by atoms with van der Waals surface area (Å²) in [6.07, 6.45) is 10.9. The Bertz CT molecular complexity index is 362. The van der Waals surface area contributed by atoms with Crippen LogP contribution in [-0.4, -0.2) is 8.07 Å². The molecular weight excluding hydrogens is 172 g/mol. The molecule has 0 aliphatic heterocycles. The average molecular weight is 182 g/mol. The number of hydrogen-bond donors (Lipinski definition) is 0. The Morgan fingerprint density at radius 2 is 1.69 bits per heavy atom. The summed E-state index contributed by atoms with van der Waals surface area (Å²) in [5.74, 6) is 0. The molecule has 1 heteroatoms. The third-order valence-electron chi connectivity index (χ3n) is 1.99. The summed E-state index contributed by atoms with van der Waals surface area (Å²) in [6, 6.07) is 9.75. The van der Waals surface area contributed by atoms with Crippen LogP contribution in [0.25, 0.3) is 0 Å². The van der Waals surface area contributed by atoms with Gasteiger partial charge in [0.1, 0.15) is 0 Å². The molecule has 0 N–H and O–H groups in total. The first kappa shape index (κ1) is 9.39. The molecule has 0 atom stereocenters. The highest BCUT2D eigenvalue weighted by Crippen LogP contribution is 2.01. The van der Waals surface area contributed by atoms with Crippen molar-refractivity contribution < 1.29 is 0 Å². The molecule has 13 heavy (non-hydrogen) atoms. The molecule has 0 aromatic heterocycles. The first-order chi connectivity index (χ1) is 6.29. The second kappa shape index (κ2) is 3.80. The molecule has 0 nitrogen and oxygen atoms in total. The normalized spacial score (nSPS) is 9.69. The summed E-state index contributed by atoms with van der Waals surface area (Å²) in [6.45, 7) is 3.73. The van der Waals surface area contributed by atoms with Gasteiger partial charge in [-0.05, 0) is 5.19 Å². The maximum Gasteiger partial charge on any atom is 0.267 e. The summed E-state index contributed by atoms with van der Waals surface area (Å²) < 4.78 is 0. The molecule has 1 rings (SSSR count). The second-order valence-electron chi connectivity index (χ2n) is 2.67. The zero-order valence-electron chi connectivity index (χ0n) is 7.33. The van der Waals surface area contributed by atoms with E-state index in [-0.39, 0.29) is 0 Å². The third kappa shape index (κ3) is 1.56. The zero-order valence-corrected chi connectivity index (χ0v) is 8.33. The van der Waals surface area contributed by atoms with Gasteiger partial charge in [-0.15, -0.1) is 30.5 Å². The van der Waals surface area contributed by atoms with Crippen molar-refractivity contribution in [2.75, 3.05) is 0 Å². The van der Waals surface area contributed by atoms with E-state index in [1.165, 1.54) is 0 Å². The fourth-order valence-electron chi connectivity index (χ4n) is 1.15. The van der Waals surface area contributed by atoms with Crippen LogP contribution in [0.4, 0.5) is 0 Å². The van der Waals surface area contributed by atoms with Gasteiger partial charge in [-0.25, -0.2) is 0 Å². The molecule has 0 bridgehead atoms. The van der Waals surface area contributed by atoms with Crippen LogP contribution in [0.5, 0.6) is 0 Å². The highest BCUT2D eigenvalue weighted by Gasteiger charge is 2.26. The first-order valence-corrected chi connectivity index (χ1v) is 6.01. The molecule has 0 aliphatic carbocycles. The van der Waals surface area contributed by atoms with Crippen molar-refractivity contribution in [3.63, 3.8) is 0 Å². The van der Waals surface area contributed by atoms with E-state index in [0.717, 1.165) is 5.19 Å². The van der Waals surface area contributed by atoms with E-state index in [1.54, 1.807) is 5.70 Å². The van der Waals surface area contributed by atoms with Gasteiger partial charge in [0.05, 0.1) is 0 Å². The fourth-order valence-corrected chi connectivity index (χ4v) is 2.75. The van der Waals surface area contributed by atoms with Gasteiger partial charge in [-0.1, -0.05) is 36.0 Å². The lowest BCUT2D eigenvalue weighted by Crippen LogP contribution is -2.43. The molecule has 1 aromatic rings. The molecule has 0 radical (unpaired) electrons. The molecule has 0 amide bonds. The lowest BCUT2D eigenvalue weighted by Gasteiger charge is -2.14. The Labute approximate surface area is 80.3 Å². The van der Waals surface area contributed by atoms with Crippen LogP contribution in [0.3, 0.4) is 0 Å². The van der Waals surface area contributed by atoms with Crippen molar-refractivity contribution in [1.82, 2.24) is 0 Å². The van der Waals surface area contributed by atoms with Gasteiger partial charge < -0.3 is 0 Å². The largest absolute Gasteiger partial charge is 0.267 e. The van der Waals surface area contributed by atoms with E-state index < -0.39 is 8.07 Å². The molecule has 0 fully saturated rings. The second-order valence-corrected chi connectivity index (χ2v) is 5.85. The summed E-state index contributed by atoms with van der Waals surface area (Å²) in [5.41, 5.74) is 7.18. The van der Waals surface area contributed by atoms with E-state index >= 15 is 0 Å². The molecule has 0 heterocycles. The van der Waals surface area contributed by atoms with Gasteiger partial charge in [-0.3, -0.25) is 0 Å². The molecule has 0 aliphatic rings. The number of terminal acetylenes is 2. The van der Waals surface area contributed by atoms with Gasteiger partial charge in [-0.2, -0.15) is 0 Å². The molecule has 0 unspecified atom stereocenters. The Morgan fingerprint density at radius 3 is 2.08 bits per heavy atom. The highest BCUT2D eigenvalue weighted by atomic mass is 28.3. The SMILES string of the molecule is C#C[Si](C#C)(C=C)c1ccccc1. The van der Waals surface area contributed by atoms with E-state index in [1.807, 2.05) is 30.3 Å². The van der Waals surface area contributed by atoms with Crippen LogP contribution in [-0.2, 0) is 0 Å². The van der Waals surface area contributed by atoms with Crippen molar-refractivity contribution in [2.45, 2.75) is 0 Å². The summed E-state index contributed by atoms with van der Waals surface area (Å²) in [5, 5.41) is 1.05. The molecular formula is C12H10Si. The Hall–Kier alpha value is -1.70. The topological polar surface area (TPSA) is 0 Å². The van der Waals surface area contributed by atoms with Gasteiger partial charge >= 0.3 is 0 Å². The molecule has 62 valence electrons. The van der Waals surface area contributed by atoms with E-state index in [2.05, 4.69) is 17.7 Å². The van der Waals surface area contributed by atoms with Gasteiger partial charge in [0.15, 0.2) is 0 Å². The Kier molecular flexibility index (Phi) is 2.75. The fraction of sp³-hybridized carbons (Fsp3) is 0. The van der Waals surface area contributed by atoms with Gasteiger partial charge in [0, 0.05) is 0 Å². The number of hydrogen-bond acceptors (Lipinski definition) is 0. The van der Waals surface area contributed by atoms with Crippen LogP contribution in [0.15, 0.2) is 42.6 Å². The standard InChI is InChI=1S/C12H10Si/c1-4-13(5-2,6-3)12-10-8-7-9-11-12/h1-2,6-11H,3H2. The van der Waals surface area contributed by atoms with Crippen LogP contribution in [0.2, 0.25) is 0 Å². The zero-order chi connectivity index (χ0) is 9.73. The maximum atomic E-state index is 5.46. The quantitative estimate of drug-likeness (QED) is 0.479. The number of rotatable bonds is 2. The van der Waals surface area contributed by atoms with E-state index in [9.17, 15) is 0 Å². The Morgan fingerprint density at radius 1 is 1.15 bits per heavy atom. The van der Waals surface area contributed by atoms with Crippen molar-refractivity contribution in [3.05, 3.63) is 42.6 Å². The minimum absolute atomic E-state index is 1.05. The first-order valence-electron chi connectivity index (χ1n) is 3.93. The van der Waals surface area contributed by atoms with Crippen molar-refractivity contribution >= 4 is 13.3 Å². The average Bonchev–Trinajstić information content (AvgIpc) is 2.23. The monoisotopic (exact) mass is 182 g/mol. The summed E-state index contributed by atoms with van der Waals surface area (Å²) >= 11 is 0. The third-order valence-corrected chi connectivity index (χ3v) is 4.76. The van der Waals surface area contributed by atoms with Crippen molar-refractivity contribution in [3.8, 4) is 23.9 Å². The molecule has 0 spiro atoms. The maximum absolute atomic E-state index is 5.46. The van der Waals surface area contributed by atoms with Crippen LogP contribution in [0, 0.1) is 23.9 Å². The van der Waals surface area contributed by atoms with Crippen LogP contribution >= 0.6 is 0 Å². The van der Waals surface area contributed by atoms with Gasteiger partial charge in [0.2, 0.25) is 0 Å². The minimum atomic E-state index is -2.27. The molecule has 0 saturated heterocycles. The van der Waals surface area contributed by atoms with E-state index in [4.69, 9.17) is 12.8 Å². The lowest BCUT2D eigenvalue weighted by atomic mass is 10.4. The van der Waals surface area contributed by atoms with Crippen molar-refractivity contribution in [1.29, 1.82) is 0 Å². The minimum Gasteiger partial charge on any atom is -0.125 e. The smallest absolute Gasteiger partial charge is 0.125 e. The van der Waals surface area contributed by atoms with Crippen LogP contribution in [0.1, 0.15) is 0 Å². The predicted octanol–water partition coefficient (Wildman–Crippen LogP) is 1.41. The number of benzene rings is 1. The summed E-state index contributed by atoms with van der Waals surface area (Å²) in [4.78, 5) is 0. The lowest BCUT2D eigenvalue weighted by molar-refractivity contribution is 1.76.